The van der Waals surface area contributed by atoms with Crippen LogP contribution in [-0.4, -0.2) is 19.1 Å². The number of aromatic amines is 1. The second kappa shape index (κ2) is 5.20. The number of thiazole rings is 1. The topological polar surface area (TPSA) is 30.3 Å². The predicted molar refractivity (Wildman–Crippen MR) is 86.0 cm³/mol. The summed E-state index contributed by atoms with van der Waals surface area (Å²) in [5.41, 5.74) is 1.93. The summed E-state index contributed by atoms with van der Waals surface area (Å²) < 4.78 is 1.03. The molecule has 0 unspecified atom stereocenters. The molecule has 1 N–H and O–H groups in total. The van der Waals surface area contributed by atoms with Gasteiger partial charge in [-0.05, 0) is 24.3 Å². The lowest BCUT2D eigenvalue weighted by atomic mass is 10.2. The molecule has 2 heterocycles. The van der Waals surface area contributed by atoms with Crippen LogP contribution in [0.2, 0.25) is 10.0 Å². The highest BCUT2D eigenvalue weighted by Gasteiger charge is 2.17. The van der Waals surface area contributed by atoms with Crippen LogP contribution in [0.5, 0.6) is 0 Å². The van der Waals surface area contributed by atoms with E-state index in [4.69, 9.17) is 23.2 Å². The van der Waals surface area contributed by atoms with Crippen molar-refractivity contribution in [1.29, 1.82) is 0 Å². The number of nitrogens with zero attached hydrogens (tertiary/aromatic N) is 2. The Morgan fingerprint density at radius 1 is 1.20 bits per heavy atom. The first-order chi connectivity index (χ1) is 9.56. The standard InChI is InChI=1S/C14H11Cl2N3S/c1-19(2)13-8(4-3-5-17-13)14-18-11-6-9(15)10(16)7-12(11)20-14/h3-7H,1-2H3/p+1. The van der Waals surface area contributed by atoms with Gasteiger partial charge in [0.15, 0.2) is 0 Å². The van der Waals surface area contributed by atoms with E-state index in [1.54, 1.807) is 17.4 Å². The molecule has 3 aromatic rings. The monoisotopic (exact) mass is 324 g/mol. The van der Waals surface area contributed by atoms with Gasteiger partial charge in [-0.3, -0.25) is 4.90 Å². The number of fused-ring (bicyclic) bond motifs is 1. The first kappa shape index (κ1) is 13.6. The van der Waals surface area contributed by atoms with Gasteiger partial charge in [0.25, 0.3) is 5.82 Å². The van der Waals surface area contributed by atoms with E-state index in [0.29, 0.717) is 10.0 Å². The third-order valence-electron chi connectivity index (χ3n) is 2.94. The third-order valence-corrected chi connectivity index (χ3v) is 4.72. The second-order valence-electron chi connectivity index (χ2n) is 4.58. The molecule has 0 aliphatic heterocycles. The highest BCUT2D eigenvalue weighted by atomic mass is 35.5. The lowest BCUT2D eigenvalue weighted by Crippen LogP contribution is -2.20. The molecule has 20 heavy (non-hydrogen) atoms. The van der Waals surface area contributed by atoms with E-state index in [0.717, 1.165) is 26.6 Å². The summed E-state index contributed by atoms with van der Waals surface area (Å²) in [5, 5.41) is 2.03. The molecular weight excluding hydrogens is 313 g/mol. The number of rotatable bonds is 2. The summed E-state index contributed by atoms with van der Waals surface area (Å²) in [6, 6.07) is 7.69. The number of hydrogen-bond acceptors (Lipinski definition) is 3. The first-order valence-electron chi connectivity index (χ1n) is 6.00. The van der Waals surface area contributed by atoms with Crippen LogP contribution in [0, 0.1) is 0 Å². The van der Waals surface area contributed by atoms with Crippen LogP contribution in [0.15, 0.2) is 30.5 Å². The summed E-state index contributed by atoms with van der Waals surface area (Å²) in [6.07, 6.45) is 1.90. The molecule has 102 valence electrons. The maximum absolute atomic E-state index is 6.06. The Bertz CT molecular complexity index is 744. The van der Waals surface area contributed by atoms with Crippen molar-refractivity contribution in [3.63, 3.8) is 0 Å². The van der Waals surface area contributed by atoms with E-state index in [9.17, 15) is 0 Å². The van der Waals surface area contributed by atoms with Gasteiger partial charge < -0.3 is 0 Å². The van der Waals surface area contributed by atoms with Crippen LogP contribution in [0.4, 0.5) is 5.82 Å². The van der Waals surface area contributed by atoms with Crippen molar-refractivity contribution in [3.8, 4) is 10.6 Å². The lowest BCUT2D eigenvalue weighted by molar-refractivity contribution is -0.362. The number of nitrogens with one attached hydrogen (secondary N) is 1. The van der Waals surface area contributed by atoms with E-state index in [2.05, 4.69) is 9.97 Å². The summed E-state index contributed by atoms with van der Waals surface area (Å²) in [7, 11) is 3.99. The van der Waals surface area contributed by atoms with E-state index in [1.165, 1.54) is 0 Å². The number of anilines is 1. The molecule has 0 spiro atoms. The zero-order chi connectivity index (χ0) is 14.3. The number of pyridine rings is 1. The maximum atomic E-state index is 6.06. The second-order valence-corrected chi connectivity index (χ2v) is 6.42. The molecule has 0 saturated heterocycles. The molecule has 3 nitrogen and oxygen atoms in total. The molecule has 2 aromatic heterocycles. The summed E-state index contributed by atoms with van der Waals surface area (Å²) in [6.45, 7) is 0. The minimum absolute atomic E-state index is 0.531. The predicted octanol–water partition coefficient (Wildman–Crippen LogP) is 4.15. The number of aromatic nitrogens is 2. The van der Waals surface area contributed by atoms with Gasteiger partial charge >= 0.3 is 0 Å². The highest BCUT2D eigenvalue weighted by Crippen LogP contribution is 2.36. The fourth-order valence-corrected chi connectivity index (χ4v) is 3.41. The van der Waals surface area contributed by atoms with Crippen LogP contribution < -0.4 is 9.88 Å². The molecule has 0 aliphatic rings. The maximum Gasteiger partial charge on any atom is 0.284 e. The fraction of sp³-hybridized carbons (Fsp3) is 0.143. The lowest BCUT2D eigenvalue weighted by Gasteiger charge is -2.06. The van der Waals surface area contributed by atoms with Gasteiger partial charge in [0, 0.05) is 0 Å². The normalized spacial score (nSPS) is 11.0. The zero-order valence-corrected chi connectivity index (χ0v) is 13.3. The molecule has 0 amide bonds. The Kier molecular flexibility index (Phi) is 3.54. The Balaban J connectivity index is 2.20. The minimum atomic E-state index is 0.531. The SMILES string of the molecule is CN(C)c1[nH+]cccc1-c1nc2cc(Cl)c(Cl)cc2s1. The Morgan fingerprint density at radius 2 is 1.95 bits per heavy atom. The van der Waals surface area contributed by atoms with Crippen molar-refractivity contribution >= 4 is 50.6 Å². The van der Waals surface area contributed by atoms with Gasteiger partial charge in [-0.15, -0.1) is 11.3 Å². The summed E-state index contributed by atoms with van der Waals surface area (Å²) in [5.74, 6) is 1.02. The van der Waals surface area contributed by atoms with Crippen molar-refractivity contribution < 1.29 is 4.98 Å². The highest BCUT2D eigenvalue weighted by molar-refractivity contribution is 7.21. The summed E-state index contributed by atoms with van der Waals surface area (Å²) >= 11 is 13.7. The quantitative estimate of drug-likeness (QED) is 0.708. The molecule has 0 saturated carbocycles. The number of H-pyrrole nitrogens is 1. The Hall–Kier alpha value is -1.36. The smallest absolute Gasteiger partial charge is 0.267 e. The van der Waals surface area contributed by atoms with Crippen LogP contribution in [0.25, 0.3) is 20.8 Å². The largest absolute Gasteiger partial charge is 0.284 e. The molecule has 3 rings (SSSR count). The van der Waals surface area contributed by atoms with Crippen LogP contribution in [0.1, 0.15) is 0 Å². The van der Waals surface area contributed by atoms with Crippen LogP contribution in [-0.2, 0) is 0 Å². The van der Waals surface area contributed by atoms with Crippen molar-refractivity contribution in [2.75, 3.05) is 19.0 Å². The van der Waals surface area contributed by atoms with Gasteiger partial charge in [0.2, 0.25) is 0 Å². The number of benzene rings is 1. The van der Waals surface area contributed by atoms with E-state index in [-0.39, 0.29) is 0 Å². The molecule has 0 bridgehead atoms. The van der Waals surface area contributed by atoms with Gasteiger partial charge in [-0.1, -0.05) is 23.2 Å². The van der Waals surface area contributed by atoms with Crippen molar-refractivity contribution in [3.05, 3.63) is 40.5 Å². The van der Waals surface area contributed by atoms with Gasteiger partial charge in [0.1, 0.15) is 5.01 Å². The molecule has 1 aromatic carbocycles. The average molecular weight is 325 g/mol. The molecule has 0 atom stereocenters. The van der Waals surface area contributed by atoms with Gasteiger partial charge in [-0.2, -0.15) is 0 Å². The van der Waals surface area contributed by atoms with E-state index < -0.39 is 0 Å². The van der Waals surface area contributed by atoms with Crippen molar-refractivity contribution in [1.82, 2.24) is 4.98 Å². The van der Waals surface area contributed by atoms with Crippen LogP contribution in [0.3, 0.4) is 0 Å². The Morgan fingerprint density at radius 3 is 2.70 bits per heavy atom. The third kappa shape index (κ3) is 2.35. The van der Waals surface area contributed by atoms with E-state index in [1.807, 2.05) is 43.4 Å². The molecular formula is C14H12Cl2N3S+. The first-order valence-corrected chi connectivity index (χ1v) is 7.57. The number of halogens is 2. The van der Waals surface area contributed by atoms with Gasteiger partial charge in [0.05, 0.1) is 46.1 Å². The fourth-order valence-electron chi connectivity index (χ4n) is 2.01. The average Bonchev–Trinajstić information content (AvgIpc) is 2.82. The molecule has 6 heteroatoms. The van der Waals surface area contributed by atoms with Crippen molar-refractivity contribution in [2.45, 2.75) is 0 Å². The van der Waals surface area contributed by atoms with Crippen LogP contribution >= 0.6 is 34.5 Å². The van der Waals surface area contributed by atoms with E-state index >= 15 is 0 Å². The summed E-state index contributed by atoms with van der Waals surface area (Å²) in [4.78, 5) is 9.93. The van der Waals surface area contributed by atoms with Crippen molar-refractivity contribution in [2.24, 2.45) is 0 Å². The number of hydrogen-bond donors (Lipinski definition) is 0. The molecule has 0 aliphatic carbocycles. The molecule has 0 fully saturated rings. The van der Waals surface area contributed by atoms with Gasteiger partial charge in [-0.25, -0.2) is 9.97 Å². The zero-order valence-electron chi connectivity index (χ0n) is 10.9. The minimum Gasteiger partial charge on any atom is -0.267 e. The Labute approximate surface area is 130 Å². The molecule has 0 radical (unpaired) electrons.